The van der Waals surface area contributed by atoms with E-state index in [9.17, 15) is 19.2 Å². The third-order valence-electron chi connectivity index (χ3n) is 3.61. The highest BCUT2D eigenvalue weighted by molar-refractivity contribution is 6.03. The summed E-state index contributed by atoms with van der Waals surface area (Å²) in [4.78, 5) is 48.3. The monoisotopic (exact) mass is 388 g/mol. The maximum absolute atomic E-state index is 12.6. The number of urea groups is 1. The zero-order chi connectivity index (χ0) is 20.8. The van der Waals surface area contributed by atoms with Gasteiger partial charge in [0.15, 0.2) is 12.3 Å². The van der Waals surface area contributed by atoms with Crippen LogP contribution in [0.2, 0.25) is 0 Å². The number of esters is 1. The molecule has 0 aliphatic rings. The first kappa shape index (κ1) is 21.1. The molecule has 1 aromatic carbocycles. The maximum Gasteiger partial charge on any atom is 0.359 e. The smallest absolute Gasteiger partial charge is 0.359 e. The lowest BCUT2D eigenvalue weighted by atomic mass is 10.1. The molecule has 2 rings (SSSR count). The molecule has 1 aromatic heterocycles. The Hall–Kier alpha value is -3.23. The van der Waals surface area contributed by atoms with Crippen molar-refractivity contribution in [1.82, 2.24) is 20.4 Å². The molecule has 0 aliphatic carbocycles. The highest BCUT2D eigenvalue weighted by atomic mass is 16.5. The second kappa shape index (κ2) is 9.12. The average molecular weight is 388 g/mol. The number of carbonyl (C=O) groups is 3. The second-order valence-corrected chi connectivity index (χ2v) is 7.03. The van der Waals surface area contributed by atoms with E-state index in [-0.39, 0.29) is 23.2 Å². The number of nitrogens with one attached hydrogen (secondary N) is 2. The first-order chi connectivity index (χ1) is 13.2. The van der Waals surface area contributed by atoms with Gasteiger partial charge in [-0.25, -0.2) is 14.3 Å². The van der Waals surface area contributed by atoms with Crippen molar-refractivity contribution in [2.24, 2.45) is 5.92 Å². The third kappa shape index (κ3) is 5.38. The Morgan fingerprint density at radius 2 is 1.75 bits per heavy atom. The fraction of sp³-hybridized carbons (Fsp3) is 0.421. The van der Waals surface area contributed by atoms with Gasteiger partial charge in [-0.3, -0.25) is 14.9 Å². The van der Waals surface area contributed by atoms with E-state index in [2.05, 4.69) is 15.7 Å². The Labute approximate surface area is 162 Å². The molecule has 1 heterocycles. The molecular formula is C19H24N4O5. The van der Waals surface area contributed by atoms with Crippen LogP contribution in [-0.2, 0) is 16.1 Å². The molecule has 0 saturated carbocycles. The summed E-state index contributed by atoms with van der Waals surface area (Å²) < 4.78 is 6.22. The summed E-state index contributed by atoms with van der Waals surface area (Å²) in [5.41, 5.74) is -0.362. The molecule has 2 N–H and O–H groups in total. The SMILES string of the molecule is CC(C)Cn1nc(C(=O)OCC(=O)NC(=O)NC(C)C)c2ccccc2c1=O. The van der Waals surface area contributed by atoms with Crippen LogP contribution in [0, 0.1) is 5.92 Å². The first-order valence-electron chi connectivity index (χ1n) is 8.96. The van der Waals surface area contributed by atoms with Crippen molar-refractivity contribution in [2.45, 2.75) is 40.3 Å². The van der Waals surface area contributed by atoms with Gasteiger partial charge in [0.2, 0.25) is 0 Å². The van der Waals surface area contributed by atoms with Crippen molar-refractivity contribution in [3.8, 4) is 0 Å². The first-order valence-corrected chi connectivity index (χ1v) is 8.96. The summed E-state index contributed by atoms with van der Waals surface area (Å²) in [7, 11) is 0. The molecule has 0 unspecified atom stereocenters. The van der Waals surface area contributed by atoms with Gasteiger partial charge in [-0.15, -0.1) is 0 Å². The number of benzene rings is 1. The maximum atomic E-state index is 12.6. The van der Waals surface area contributed by atoms with Crippen LogP contribution >= 0.6 is 0 Å². The molecule has 0 radical (unpaired) electrons. The zero-order valence-corrected chi connectivity index (χ0v) is 16.3. The average Bonchev–Trinajstić information content (AvgIpc) is 2.61. The largest absolute Gasteiger partial charge is 0.451 e. The molecule has 150 valence electrons. The molecule has 28 heavy (non-hydrogen) atoms. The van der Waals surface area contributed by atoms with Crippen molar-refractivity contribution in [2.75, 3.05) is 6.61 Å². The van der Waals surface area contributed by atoms with Gasteiger partial charge in [0, 0.05) is 18.0 Å². The van der Waals surface area contributed by atoms with Gasteiger partial charge in [0.1, 0.15) is 0 Å². The molecule has 9 heteroatoms. The van der Waals surface area contributed by atoms with Gasteiger partial charge < -0.3 is 10.1 Å². The lowest BCUT2D eigenvalue weighted by molar-refractivity contribution is -0.123. The fourth-order valence-electron chi connectivity index (χ4n) is 2.52. The Morgan fingerprint density at radius 1 is 1.11 bits per heavy atom. The number of amides is 3. The molecule has 0 bridgehead atoms. The lowest BCUT2D eigenvalue weighted by Crippen LogP contribution is -2.44. The molecule has 0 fully saturated rings. The summed E-state index contributed by atoms with van der Waals surface area (Å²) in [5, 5.41) is 9.37. The van der Waals surface area contributed by atoms with E-state index in [0.717, 1.165) is 0 Å². The molecule has 0 saturated heterocycles. The zero-order valence-electron chi connectivity index (χ0n) is 16.3. The summed E-state index contributed by atoms with van der Waals surface area (Å²) in [5.74, 6) is -1.49. The Balaban J connectivity index is 2.20. The van der Waals surface area contributed by atoms with Crippen molar-refractivity contribution in [3.63, 3.8) is 0 Å². The topological polar surface area (TPSA) is 119 Å². The highest BCUT2D eigenvalue weighted by Crippen LogP contribution is 2.14. The number of aromatic nitrogens is 2. The molecule has 3 amide bonds. The van der Waals surface area contributed by atoms with Gasteiger partial charge in [0.25, 0.3) is 11.5 Å². The van der Waals surface area contributed by atoms with E-state index in [4.69, 9.17) is 4.74 Å². The van der Waals surface area contributed by atoms with E-state index in [1.54, 1.807) is 38.1 Å². The lowest BCUT2D eigenvalue weighted by Gasteiger charge is -2.12. The number of hydrogen-bond acceptors (Lipinski definition) is 6. The van der Waals surface area contributed by atoms with Gasteiger partial charge in [-0.2, -0.15) is 5.10 Å². The summed E-state index contributed by atoms with van der Waals surface area (Å²) in [6.07, 6.45) is 0. The van der Waals surface area contributed by atoms with E-state index in [0.29, 0.717) is 17.3 Å². The Kier molecular flexibility index (Phi) is 6.86. The van der Waals surface area contributed by atoms with E-state index < -0.39 is 24.5 Å². The molecule has 9 nitrogen and oxygen atoms in total. The van der Waals surface area contributed by atoms with Crippen LogP contribution in [0.25, 0.3) is 10.8 Å². The number of nitrogens with zero attached hydrogens (tertiary/aromatic N) is 2. The number of hydrogen-bond donors (Lipinski definition) is 2. The quantitative estimate of drug-likeness (QED) is 0.723. The predicted octanol–water partition coefficient (Wildman–Crippen LogP) is 1.44. The van der Waals surface area contributed by atoms with Crippen molar-refractivity contribution < 1.29 is 19.1 Å². The number of fused-ring (bicyclic) bond motifs is 1. The van der Waals surface area contributed by atoms with Gasteiger partial charge in [-0.05, 0) is 25.8 Å². The summed E-state index contributed by atoms with van der Waals surface area (Å²) in [6.45, 7) is 7.02. The summed E-state index contributed by atoms with van der Waals surface area (Å²) in [6, 6.07) is 5.75. The molecule has 0 aliphatic heterocycles. The summed E-state index contributed by atoms with van der Waals surface area (Å²) >= 11 is 0. The second-order valence-electron chi connectivity index (χ2n) is 7.03. The molecule has 0 spiro atoms. The van der Waals surface area contributed by atoms with Gasteiger partial charge in [-0.1, -0.05) is 32.0 Å². The van der Waals surface area contributed by atoms with Crippen molar-refractivity contribution >= 4 is 28.7 Å². The van der Waals surface area contributed by atoms with Crippen LogP contribution < -0.4 is 16.2 Å². The number of ether oxygens (including phenoxy) is 1. The van der Waals surface area contributed by atoms with Crippen LogP contribution in [0.3, 0.4) is 0 Å². The van der Waals surface area contributed by atoms with E-state index in [1.807, 2.05) is 13.8 Å². The fourth-order valence-corrected chi connectivity index (χ4v) is 2.52. The highest BCUT2D eigenvalue weighted by Gasteiger charge is 2.20. The van der Waals surface area contributed by atoms with Crippen LogP contribution in [0.15, 0.2) is 29.1 Å². The van der Waals surface area contributed by atoms with Gasteiger partial charge >= 0.3 is 12.0 Å². The van der Waals surface area contributed by atoms with Gasteiger partial charge in [0.05, 0.1) is 5.39 Å². The van der Waals surface area contributed by atoms with Crippen LogP contribution in [0.5, 0.6) is 0 Å². The van der Waals surface area contributed by atoms with Crippen molar-refractivity contribution in [1.29, 1.82) is 0 Å². The standard InChI is InChI=1S/C19H24N4O5/c1-11(2)9-23-17(25)14-8-6-5-7-13(14)16(22-23)18(26)28-10-15(24)21-19(27)20-12(3)4/h5-8,11-12H,9-10H2,1-4H3,(H2,20,21,24,27). The minimum absolute atomic E-state index is 0.0599. The van der Waals surface area contributed by atoms with E-state index in [1.165, 1.54) is 4.68 Å². The van der Waals surface area contributed by atoms with Crippen LogP contribution in [0.4, 0.5) is 4.79 Å². The third-order valence-corrected chi connectivity index (χ3v) is 3.61. The predicted molar refractivity (Wildman–Crippen MR) is 103 cm³/mol. The number of rotatable bonds is 6. The van der Waals surface area contributed by atoms with E-state index >= 15 is 0 Å². The molecule has 0 atom stereocenters. The minimum Gasteiger partial charge on any atom is -0.451 e. The molecular weight excluding hydrogens is 364 g/mol. The molecule has 2 aromatic rings. The minimum atomic E-state index is -0.854. The Bertz CT molecular complexity index is 949. The van der Waals surface area contributed by atoms with Crippen molar-refractivity contribution in [3.05, 3.63) is 40.3 Å². The Morgan fingerprint density at radius 3 is 2.36 bits per heavy atom. The van der Waals surface area contributed by atoms with Crippen LogP contribution in [0.1, 0.15) is 38.2 Å². The normalized spacial score (nSPS) is 10.9. The number of imide groups is 1. The number of carbonyl (C=O) groups excluding carboxylic acids is 3. The van der Waals surface area contributed by atoms with Crippen LogP contribution in [-0.4, -0.2) is 40.3 Å².